The van der Waals surface area contributed by atoms with Gasteiger partial charge in [0.2, 0.25) is 5.91 Å². The quantitative estimate of drug-likeness (QED) is 0.792. The minimum Gasteiger partial charge on any atom is -0.385 e. The average Bonchev–Trinajstić information content (AvgIpc) is 2.50. The van der Waals surface area contributed by atoms with Gasteiger partial charge in [-0.1, -0.05) is 11.6 Å². The second kappa shape index (κ2) is 7.61. The van der Waals surface area contributed by atoms with Crippen molar-refractivity contribution in [1.82, 2.24) is 0 Å². The normalized spacial score (nSPS) is 10.1. The van der Waals surface area contributed by atoms with Crippen molar-refractivity contribution in [3.63, 3.8) is 0 Å². The number of carbonyl (C=O) groups is 2. The van der Waals surface area contributed by atoms with Crippen LogP contribution in [0.5, 0.6) is 0 Å². The smallest absolute Gasteiger partial charge is 0.226 e. The largest absolute Gasteiger partial charge is 0.385 e. The van der Waals surface area contributed by atoms with E-state index in [9.17, 15) is 9.59 Å². The second-order valence-corrected chi connectivity index (χ2v) is 5.30. The Balaban J connectivity index is 1.77. The lowest BCUT2D eigenvalue weighted by atomic mass is 10.1. The monoisotopic (exact) mass is 316 g/mol. The Morgan fingerprint density at radius 1 is 0.955 bits per heavy atom. The van der Waals surface area contributed by atoms with Gasteiger partial charge < -0.3 is 10.6 Å². The number of anilines is 2. The van der Waals surface area contributed by atoms with Gasteiger partial charge in [0.05, 0.1) is 0 Å². The molecule has 5 heteroatoms. The first-order valence-corrected chi connectivity index (χ1v) is 7.33. The first-order valence-electron chi connectivity index (χ1n) is 6.95. The maximum atomic E-state index is 11.8. The fourth-order valence-electron chi connectivity index (χ4n) is 1.90. The summed E-state index contributed by atoms with van der Waals surface area (Å²) in [4.78, 5) is 23.0. The van der Waals surface area contributed by atoms with E-state index in [-0.39, 0.29) is 11.7 Å². The summed E-state index contributed by atoms with van der Waals surface area (Å²) in [6.45, 7) is 2.04. The number of halogens is 1. The molecule has 0 aliphatic rings. The third-order valence-electron chi connectivity index (χ3n) is 3.10. The van der Waals surface area contributed by atoms with Gasteiger partial charge in [0.15, 0.2) is 5.78 Å². The van der Waals surface area contributed by atoms with E-state index >= 15 is 0 Å². The molecule has 0 bridgehead atoms. The lowest BCUT2D eigenvalue weighted by Crippen LogP contribution is -2.16. The summed E-state index contributed by atoms with van der Waals surface area (Å²) < 4.78 is 0. The minimum atomic E-state index is -0.0861. The Morgan fingerprint density at radius 3 is 2.14 bits per heavy atom. The molecule has 2 rings (SSSR count). The molecule has 0 radical (unpaired) electrons. The summed E-state index contributed by atoms with van der Waals surface area (Å²) >= 11 is 5.80. The molecule has 0 aliphatic heterocycles. The van der Waals surface area contributed by atoms with Crippen LogP contribution in [0.25, 0.3) is 0 Å². The van der Waals surface area contributed by atoms with Crippen LogP contribution in [0.1, 0.15) is 23.7 Å². The lowest BCUT2D eigenvalue weighted by Gasteiger charge is -2.08. The molecule has 22 heavy (non-hydrogen) atoms. The van der Waals surface area contributed by atoms with E-state index in [0.29, 0.717) is 29.2 Å². The fraction of sp³-hybridized carbons (Fsp3) is 0.176. The number of Topliss-reactive ketones (excluding diaryl/α,β-unsaturated/α-hetero) is 1. The van der Waals surface area contributed by atoms with Crippen LogP contribution in [0.2, 0.25) is 5.02 Å². The standard InChI is InChI=1S/C17H17ClN2O2/c1-12(21)13-2-6-16(7-3-13)20-17(22)10-11-19-15-8-4-14(18)5-9-15/h2-9,19H,10-11H2,1H3,(H,20,22). The van der Waals surface area contributed by atoms with Crippen molar-refractivity contribution in [2.75, 3.05) is 17.2 Å². The number of hydrogen-bond donors (Lipinski definition) is 2. The van der Waals surface area contributed by atoms with Crippen molar-refractivity contribution >= 4 is 34.7 Å². The van der Waals surface area contributed by atoms with E-state index in [0.717, 1.165) is 5.69 Å². The van der Waals surface area contributed by atoms with Gasteiger partial charge in [0, 0.05) is 34.9 Å². The highest BCUT2D eigenvalue weighted by Gasteiger charge is 2.03. The summed E-state index contributed by atoms with van der Waals surface area (Å²) in [7, 11) is 0. The number of benzene rings is 2. The van der Waals surface area contributed by atoms with Crippen LogP contribution < -0.4 is 10.6 Å². The molecule has 0 spiro atoms. The van der Waals surface area contributed by atoms with E-state index in [1.165, 1.54) is 6.92 Å². The van der Waals surface area contributed by atoms with Crippen LogP contribution in [-0.2, 0) is 4.79 Å². The molecule has 0 atom stereocenters. The van der Waals surface area contributed by atoms with Gasteiger partial charge in [-0.05, 0) is 55.5 Å². The molecule has 0 aromatic heterocycles. The van der Waals surface area contributed by atoms with Crippen LogP contribution in [0.15, 0.2) is 48.5 Å². The zero-order valence-corrected chi connectivity index (χ0v) is 13.0. The first kappa shape index (κ1) is 16.0. The molecule has 1 amide bonds. The van der Waals surface area contributed by atoms with Crippen LogP contribution >= 0.6 is 11.6 Å². The van der Waals surface area contributed by atoms with E-state index in [4.69, 9.17) is 11.6 Å². The maximum absolute atomic E-state index is 11.8. The number of hydrogen-bond acceptors (Lipinski definition) is 3. The number of rotatable bonds is 6. The first-order chi connectivity index (χ1) is 10.5. The van der Waals surface area contributed by atoms with Crippen LogP contribution in [0.3, 0.4) is 0 Å². The molecule has 0 heterocycles. The molecule has 2 aromatic rings. The lowest BCUT2D eigenvalue weighted by molar-refractivity contribution is -0.115. The molecule has 114 valence electrons. The summed E-state index contributed by atoms with van der Waals surface area (Å²) in [5, 5.41) is 6.62. The average molecular weight is 317 g/mol. The van der Waals surface area contributed by atoms with Crippen molar-refractivity contribution in [2.45, 2.75) is 13.3 Å². The van der Waals surface area contributed by atoms with Gasteiger partial charge in [-0.3, -0.25) is 9.59 Å². The number of nitrogens with one attached hydrogen (secondary N) is 2. The molecule has 2 N–H and O–H groups in total. The number of ketones is 1. The highest BCUT2D eigenvalue weighted by Crippen LogP contribution is 2.13. The van der Waals surface area contributed by atoms with Crippen molar-refractivity contribution in [1.29, 1.82) is 0 Å². The topological polar surface area (TPSA) is 58.2 Å². The molecule has 4 nitrogen and oxygen atoms in total. The summed E-state index contributed by atoms with van der Waals surface area (Å²) in [6.07, 6.45) is 0.344. The fourth-order valence-corrected chi connectivity index (χ4v) is 2.03. The highest BCUT2D eigenvalue weighted by atomic mass is 35.5. The van der Waals surface area contributed by atoms with Gasteiger partial charge in [0.25, 0.3) is 0 Å². The molecular formula is C17H17ClN2O2. The van der Waals surface area contributed by atoms with Gasteiger partial charge >= 0.3 is 0 Å². The Bertz CT molecular complexity index is 651. The molecule has 0 saturated heterocycles. The molecule has 0 fully saturated rings. The van der Waals surface area contributed by atoms with Gasteiger partial charge in [-0.25, -0.2) is 0 Å². The van der Waals surface area contributed by atoms with Crippen LogP contribution in [0, 0.1) is 0 Å². The second-order valence-electron chi connectivity index (χ2n) is 4.87. The van der Waals surface area contributed by atoms with Gasteiger partial charge in [0.1, 0.15) is 0 Å². The van der Waals surface area contributed by atoms with Gasteiger partial charge in [-0.15, -0.1) is 0 Å². The molecule has 0 unspecified atom stereocenters. The van der Waals surface area contributed by atoms with E-state index in [2.05, 4.69) is 10.6 Å². The molecule has 2 aromatic carbocycles. The van der Waals surface area contributed by atoms with Crippen molar-refractivity contribution in [3.05, 3.63) is 59.1 Å². The maximum Gasteiger partial charge on any atom is 0.226 e. The molecule has 0 saturated carbocycles. The van der Waals surface area contributed by atoms with Crippen LogP contribution in [0.4, 0.5) is 11.4 Å². The van der Waals surface area contributed by atoms with E-state index < -0.39 is 0 Å². The SMILES string of the molecule is CC(=O)c1ccc(NC(=O)CCNc2ccc(Cl)cc2)cc1. The van der Waals surface area contributed by atoms with Crippen molar-refractivity contribution in [3.8, 4) is 0 Å². The van der Waals surface area contributed by atoms with Crippen molar-refractivity contribution < 1.29 is 9.59 Å². The zero-order chi connectivity index (χ0) is 15.9. The molecular weight excluding hydrogens is 300 g/mol. The Kier molecular flexibility index (Phi) is 5.55. The summed E-state index contributed by atoms with van der Waals surface area (Å²) in [6, 6.07) is 14.2. The van der Waals surface area contributed by atoms with Crippen LogP contribution in [-0.4, -0.2) is 18.2 Å². The predicted octanol–water partition coefficient (Wildman–Crippen LogP) is 3.98. The van der Waals surface area contributed by atoms with Crippen molar-refractivity contribution in [2.24, 2.45) is 0 Å². The highest BCUT2D eigenvalue weighted by molar-refractivity contribution is 6.30. The number of amides is 1. The Labute approximate surface area is 134 Å². The third kappa shape index (κ3) is 4.90. The zero-order valence-electron chi connectivity index (χ0n) is 12.2. The summed E-state index contributed by atoms with van der Waals surface area (Å²) in [5.74, 6) is -0.0814. The third-order valence-corrected chi connectivity index (χ3v) is 3.35. The summed E-state index contributed by atoms with van der Waals surface area (Å²) in [5.41, 5.74) is 2.23. The van der Waals surface area contributed by atoms with E-state index in [1.807, 2.05) is 12.1 Å². The number of carbonyl (C=O) groups excluding carboxylic acids is 2. The Hall–Kier alpha value is -2.33. The van der Waals surface area contributed by atoms with Gasteiger partial charge in [-0.2, -0.15) is 0 Å². The molecule has 0 aliphatic carbocycles. The Morgan fingerprint density at radius 2 is 1.55 bits per heavy atom. The minimum absolute atomic E-state index is 0.00467. The predicted molar refractivity (Wildman–Crippen MR) is 89.6 cm³/mol. The van der Waals surface area contributed by atoms with E-state index in [1.54, 1.807) is 36.4 Å².